The summed E-state index contributed by atoms with van der Waals surface area (Å²) in [5.41, 5.74) is 0.500. The first-order chi connectivity index (χ1) is 9.08. The molecule has 1 heterocycles. The van der Waals surface area contributed by atoms with E-state index >= 15 is 0 Å². The van der Waals surface area contributed by atoms with Crippen molar-refractivity contribution in [2.75, 3.05) is 14.2 Å². The fourth-order valence-electron chi connectivity index (χ4n) is 2.19. The highest BCUT2D eigenvalue weighted by Gasteiger charge is 2.42. The molecule has 0 saturated carbocycles. The number of hydrogen-bond acceptors (Lipinski definition) is 5. The minimum atomic E-state index is -1.07. The predicted octanol–water partition coefficient (Wildman–Crippen LogP) is 1.39. The van der Waals surface area contributed by atoms with Crippen molar-refractivity contribution >= 4 is 11.9 Å². The maximum atomic E-state index is 11.3. The summed E-state index contributed by atoms with van der Waals surface area (Å²) in [6.45, 7) is 0. The Morgan fingerprint density at radius 2 is 2.11 bits per heavy atom. The third kappa shape index (κ3) is 2.33. The quantitative estimate of drug-likeness (QED) is 0.829. The lowest BCUT2D eigenvalue weighted by Gasteiger charge is -2.19. The largest absolute Gasteiger partial charge is 0.493 e. The van der Waals surface area contributed by atoms with Gasteiger partial charge in [-0.3, -0.25) is 9.59 Å². The maximum absolute atomic E-state index is 11.3. The van der Waals surface area contributed by atoms with E-state index in [9.17, 15) is 9.59 Å². The molecule has 19 heavy (non-hydrogen) atoms. The summed E-state index contributed by atoms with van der Waals surface area (Å²) in [5, 5.41) is 9.15. The number of rotatable bonds is 4. The highest BCUT2D eigenvalue weighted by atomic mass is 16.6. The Morgan fingerprint density at radius 1 is 1.37 bits per heavy atom. The molecular formula is C13H14O6. The zero-order valence-corrected chi connectivity index (χ0v) is 10.6. The summed E-state index contributed by atoms with van der Waals surface area (Å²) in [7, 11) is 2.94. The topological polar surface area (TPSA) is 82.1 Å². The number of esters is 1. The van der Waals surface area contributed by atoms with Gasteiger partial charge < -0.3 is 19.3 Å². The number of hydrogen-bond donors (Lipinski definition) is 1. The van der Waals surface area contributed by atoms with Gasteiger partial charge in [-0.2, -0.15) is 0 Å². The average Bonchev–Trinajstić information content (AvgIpc) is 2.79. The number of ether oxygens (including phenoxy) is 3. The Balaban J connectivity index is 2.45. The molecule has 0 spiro atoms. The lowest BCUT2D eigenvalue weighted by molar-refractivity contribution is -0.144. The van der Waals surface area contributed by atoms with Gasteiger partial charge in [0.05, 0.1) is 20.6 Å². The van der Waals surface area contributed by atoms with Gasteiger partial charge in [0.2, 0.25) is 0 Å². The first kappa shape index (κ1) is 13.2. The highest BCUT2D eigenvalue weighted by Crippen LogP contribution is 2.43. The van der Waals surface area contributed by atoms with Crippen molar-refractivity contribution < 1.29 is 28.9 Å². The summed E-state index contributed by atoms with van der Waals surface area (Å²) >= 11 is 0. The van der Waals surface area contributed by atoms with Gasteiger partial charge in [-0.05, 0) is 6.07 Å². The first-order valence-electron chi connectivity index (χ1n) is 5.71. The van der Waals surface area contributed by atoms with Gasteiger partial charge in [0.15, 0.2) is 11.5 Å². The molecule has 6 nitrogen and oxygen atoms in total. The van der Waals surface area contributed by atoms with E-state index in [0.717, 1.165) is 0 Å². The van der Waals surface area contributed by atoms with Crippen LogP contribution in [0.2, 0.25) is 0 Å². The van der Waals surface area contributed by atoms with E-state index in [1.54, 1.807) is 18.2 Å². The van der Waals surface area contributed by atoms with Crippen LogP contribution in [-0.2, 0) is 14.3 Å². The third-order valence-electron chi connectivity index (χ3n) is 3.07. The average molecular weight is 266 g/mol. The molecule has 2 unspecified atom stereocenters. The SMILES string of the molecule is COc1cccc(C2OC(=O)CC2C(=O)O)c1OC. The minimum Gasteiger partial charge on any atom is -0.493 e. The van der Waals surface area contributed by atoms with Crippen molar-refractivity contribution in [2.45, 2.75) is 12.5 Å². The Hall–Kier alpha value is -2.24. The fourth-order valence-corrected chi connectivity index (χ4v) is 2.19. The van der Waals surface area contributed by atoms with Gasteiger partial charge in [-0.25, -0.2) is 0 Å². The van der Waals surface area contributed by atoms with Crippen LogP contribution >= 0.6 is 0 Å². The summed E-state index contributed by atoms with van der Waals surface area (Å²) in [6.07, 6.45) is -0.990. The Kier molecular flexibility index (Phi) is 3.59. The van der Waals surface area contributed by atoms with Crippen LogP contribution in [0.1, 0.15) is 18.1 Å². The molecule has 1 aromatic carbocycles. The Labute approximate surface area is 109 Å². The molecule has 1 aromatic rings. The number of cyclic esters (lactones) is 1. The lowest BCUT2D eigenvalue weighted by Crippen LogP contribution is -2.18. The summed E-state index contributed by atoms with van der Waals surface area (Å²) in [5.74, 6) is -1.65. The van der Waals surface area contributed by atoms with Gasteiger partial charge in [-0.15, -0.1) is 0 Å². The maximum Gasteiger partial charge on any atom is 0.311 e. The zero-order chi connectivity index (χ0) is 14.0. The highest BCUT2D eigenvalue weighted by molar-refractivity contribution is 5.83. The monoisotopic (exact) mass is 266 g/mol. The van der Waals surface area contributed by atoms with E-state index in [0.29, 0.717) is 17.1 Å². The van der Waals surface area contributed by atoms with E-state index in [1.165, 1.54) is 14.2 Å². The van der Waals surface area contributed by atoms with Crippen LogP contribution in [0.5, 0.6) is 11.5 Å². The second-order valence-corrected chi connectivity index (χ2v) is 4.14. The van der Waals surface area contributed by atoms with Crippen LogP contribution in [0.4, 0.5) is 0 Å². The van der Waals surface area contributed by atoms with Crippen molar-refractivity contribution in [3.8, 4) is 11.5 Å². The molecule has 0 amide bonds. The molecule has 1 N–H and O–H groups in total. The van der Waals surface area contributed by atoms with E-state index in [-0.39, 0.29) is 6.42 Å². The van der Waals surface area contributed by atoms with Crippen molar-refractivity contribution in [3.63, 3.8) is 0 Å². The second kappa shape index (κ2) is 5.17. The van der Waals surface area contributed by atoms with Crippen LogP contribution in [0, 0.1) is 5.92 Å². The summed E-state index contributed by atoms with van der Waals surface area (Å²) < 4.78 is 15.5. The third-order valence-corrected chi connectivity index (χ3v) is 3.07. The molecule has 0 aromatic heterocycles. The smallest absolute Gasteiger partial charge is 0.311 e. The molecule has 0 aliphatic carbocycles. The Morgan fingerprint density at radius 3 is 2.68 bits per heavy atom. The molecule has 2 rings (SSSR count). The second-order valence-electron chi connectivity index (χ2n) is 4.14. The fraction of sp³-hybridized carbons (Fsp3) is 0.385. The normalized spacial score (nSPS) is 21.9. The predicted molar refractivity (Wildman–Crippen MR) is 64.1 cm³/mol. The number of carboxylic acids is 1. The number of methoxy groups -OCH3 is 2. The van der Waals surface area contributed by atoms with Crippen molar-refractivity contribution in [3.05, 3.63) is 23.8 Å². The number of aliphatic carboxylic acids is 1. The van der Waals surface area contributed by atoms with E-state index in [2.05, 4.69) is 0 Å². The standard InChI is InChI=1S/C13H14O6/c1-17-9-5-3-4-7(12(9)18-2)11-8(13(15)16)6-10(14)19-11/h3-5,8,11H,6H2,1-2H3,(H,15,16). The van der Waals surface area contributed by atoms with Crippen LogP contribution in [-0.4, -0.2) is 31.3 Å². The van der Waals surface area contributed by atoms with Crippen LogP contribution < -0.4 is 9.47 Å². The van der Waals surface area contributed by atoms with Gasteiger partial charge in [0.1, 0.15) is 12.0 Å². The molecule has 1 aliphatic rings. The first-order valence-corrected chi connectivity index (χ1v) is 5.71. The van der Waals surface area contributed by atoms with Crippen molar-refractivity contribution in [2.24, 2.45) is 5.92 Å². The zero-order valence-electron chi connectivity index (χ0n) is 10.6. The summed E-state index contributed by atoms with van der Waals surface area (Å²) in [6, 6.07) is 5.05. The number of benzene rings is 1. The van der Waals surface area contributed by atoms with Crippen LogP contribution in [0.15, 0.2) is 18.2 Å². The van der Waals surface area contributed by atoms with Gasteiger partial charge in [-0.1, -0.05) is 12.1 Å². The molecule has 6 heteroatoms. The van der Waals surface area contributed by atoms with Crippen LogP contribution in [0.3, 0.4) is 0 Å². The molecular weight excluding hydrogens is 252 g/mol. The van der Waals surface area contributed by atoms with Crippen molar-refractivity contribution in [1.29, 1.82) is 0 Å². The molecule has 2 atom stereocenters. The van der Waals surface area contributed by atoms with E-state index in [4.69, 9.17) is 19.3 Å². The van der Waals surface area contributed by atoms with Gasteiger partial charge in [0.25, 0.3) is 0 Å². The van der Waals surface area contributed by atoms with Crippen molar-refractivity contribution in [1.82, 2.24) is 0 Å². The molecule has 102 valence electrons. The Bertz CT molecular complexity index is 510. The number of carbonyl (C=O) groups is 2. The number of carboxylic acid groups (broad SMARTS) is 1. The molecule has 1 fully saturated rings. The molecule has 0 radical (unpaired) electrons. The van der Waals surface area contributed by atoms with Gasteiger partial charge >= 0.3 is 11.9 Å². The molecule has 1 saturated heterocycles. The molecule has 0 bridgehead atoms. The lowest BCUT2D eigenvalue weighted by atomic mass is 9.94. The molecule has 1 aliphatic heterocycles. The number of para-hydroxylation sites is 1. The van der Waals surface area contributed by atoms with Gasteiger partial charge in [0, 0.05) is 5.56 Å². The van der Waals surface area contributed by atoms with Crippen LogP contribution in [0.25, 0.3) is 0 Å². The van der Waals surface area contributed by atoms with E-state index in [1.807, 2.05) is 0 Å². The number of carbonyl (C=O) groups excluding carboxylic acids is 1. The summed E-state index contributed by atoms with van der Waals surface area (Å²) in [4.78, 5) is 22.5. The van der Waals surface area contributed by atoms with E-state index < -0.39 is 24.0 Å². The minimum absolute atomic E-state index is 0.139.